The van der Waals surface area contributed by atoms with Crippen LogP contribution in [0.5, 0.6) is 0 Å². The summed E-state index contributed by atoms with van der Waals surface area (Å²) in [6.45, 7) is 17.9. The zero-order chi connectivity index (χ0) is 23.3. The summed E-state index contributed by atoms with van der Waals surface area (Å²) in [7, 11) is 0. The first-order valence-corrected chi connectivity index (χ1v) is 13.8. The molecule has 0 radical (unpaired) electrons. The molecule has 10 unspecified atom stereocenters. The quantitative estimate of drug-likeness (QED) is 0.429. The second kappa shape index (κ2) is 7.09. The molecule has 0 aromatic carbocycles. The van der Waals surface area contributed by atoms with Gasteiger partial charge in [0.25, 0.3) is 0 Å². The van der Waals surface area contributed by atoms with Crippen molar-refractivity contribution in [1.82, 2.24) is 0 Å². The van der Waals surface area contributed by atoms with E-state index in [1.165, 1.54) is 44.9 Å². The van der Waals surface area contributed by atoms with Crippen molar-refractivity contribution in [3.05, 3.63) is 11.6 Å². The van der Waals surface area contributed by atoms with Crippen molar-refractivity contribution in [3.8, 4) is 0 Å². The first-order chi connectivity index (χ1) is 14.9. The summed E-state index contributed by atoms with van der Waals surface area (Å²) in [4.78, 5) is 0. The lowest BCUT2D eigenvalue weighted by atomic mass is 9.31. The Morgan fingerprint density at radius 3 is 2.28 bits per heavy atom. The average Bonchev–Trinajstić information content (AvgIpc) is 2.74. The van der Waals surface area contributed by atoms with E-state index in [9.17, 15) is 10.2 Å². The lowest BCUT2D eigenvalue weighted by Gasteiger charge is -2.73. The third-order valence-electron chi connectivity index (χ3n) is 13.6. The monoisotopic (exact) mass is 442 g/mol. The maximum atomic E-state index is 10.9. The van der Waals surface area contributed by atoms with Crippen LogP contribution < -0.4 is 0 Å². The molecule has 0 aromatic heterocycles. The van der Waals surface area contributed by atoms with Crippen molar-refractivity contribution < 1.29 is 10.2 Å². The Balaban J connectivity index is 1.55. The van der Waals surface area contributed by atoms with Gasteiger partial charge < -0.3 is 10.2 Å². The Kier molecular flexibility index (Phi) is 5.19. The van der Waals surface area contributed by atoms with Gasteiger partial charge in [0.2, 0.25) is 0 Å². The van der Waals surface area contributed by atoms with Crippen molar-refractivity contribution in [2.45, 2.75) is 112 Å². The van der Waals surface area contributed by atoms with Crippen LogP contribution in [-0.4, -0.2) is 22.9 Å². The largest absolute Gasteiger partial charge is 0.396 e. The lowest BCUT2D eigenvalue weighted by Crippen LogP contribution is -2.67. The highest BCUT2D eigenvalue weighted by Gasteiger charge is 2.70. The molecule has 4 fully saturated rings. The molecule has 4 saturated carbocycles. The highest BCUT2D eigenvalue weighted by molar-refractivity contribution is 5.23. The smallest absolute Gasteiger partial charge is 0.0594 e. The van der Waals surface area contributed by atoms with Gasteiger partial charge in [-0.2, -0.15) is 0 Å². The van der Waals surface area contributed by atoms with Gasteiger partial charge in [0.1, 0.15) is 0 Å². The first-order valence-electron chi connectivity index (χ1n) is 13.8. The summed E-state index contributed by atoms with van der Waals surface area (Å²) in [6.07, 6.45) is 13.3. The summed E-state index contributed by atoms with van der Waals surface area (Å²) in [6, 6.07) is 0. The van der Waals surface area contributed by atoms with Crippen LogP contribution >= 0.6 is 0 Å². The van der Waals surface area contributed by atoms with E-state index in [4.69, 9.17) is 0 Å². The zero-order valence-corrected chi connectivity index (χ0v) is 22.0. The minimum Gasteiger partial charge on any atom is -0.396 e. The number of fused-ring (bicyclic) bond motifs is 7. The average molecular weight is 443 g/mol. The minimum atomic E-state index is -0.144. The van der Waals surface area contributed by atoms with Crippen LogP contribution in [0.1, 0.15) is 106 Å². The van der Waals surface area contributed by atoms with E-state index in [2.05, 4.69) is 54.5 Å². The Labute approximate surface area is 197 Å². The highest BCUT2D eigenvalue weighted by Crippen LogP contribution is 2.76. The summed E-state index contributed by atoms with van der Waals surface area (Å²) < 4.78 is 0. The van der Waals surface area contributed by atoms with Crippen molar-refractivity contribution in [2.75, 3.05) is 6.61 Å². The van der Waals surface area contributed by atoms with Crippen LogP contribution in [0.4, 0.5) is 0 Å². The maximum absolute atomic E-state index is 10.9. The number of aliphatic hydroxyl groups excluding tert-OH is 2. The molecule has 0 aromatic rings. The molecule has 0 saturated heterocycles. The van der Waals surface area contributed by atoms with Gasteiger partial charge in [0.15, 0.2) is 0 Å². The molecule has 0 amide bonds. The van der Waals surface area contributed by atoms with Gasteiger partial charge in [-0.15, -0.1) is 0 Å². The normalized spacial score (nSPS) is 56.8. The molecule has 2 heteroatoms. The number of hydrogen-bond acceptors (Lipinski definition) is 2. The lowest BCUT2D eigenvalue weighted by molar-refractivity contribution is -0.254. The van der Waals surface area contributed by atoms with Crippen LogP contribution in [-0.2, 0) is 0 Å². The van der Waals surface area contributed by atoms with Crippen LogP contribution in [0.3, 0.4) is 0 Å². The number of allylic oxidation sites excluding steroid dienone is 2. The molecule has 2 N–H and O–H groups in total. The molecule has 0 bridgehead atoms. The van der Waals surface area contributed by atoms with Gasteiger partial charge in [0, 0.05) is 12.0 Å². The third kappa shape index (κ3) is 2.66. The van der Waals surface area contributed by atoms with E-state index in [-0.39, 0.29) is 16.9 Å². The van der Waals surface area contributed by atoms with Crippen molar-refractivity contribution in [2.24, 2.45) is 56.7 Å². The molecule has 0 spiro atoms. The molecule has 0 heterocycles. The van der Waals surface area contributed by atoms with Crippen molar-refractivity contribution in [1.29, 1.82) is 0 Å². The van der Waals surface area contributed by atoms with Crippen molar-refractivity contribution in [3.63, 3.8) is 0 Å². The predicted octanol–water partition coefficient (Wildman–Crippen LogP) is 7.00. The summed E-state index contributed by atoms with van der Waals surface area (Å²) in [5, 5.41) is 21.6. The molecule has 5 aliphatic carbocycles. The molecular weight excluding hydrogens is 392 g/mol. The fourth-order valence-corrected chi connectivity index (χ4v) is 11.3. The Morgan fingerprint density at radius 2 is 1.59 bits per heavy atom. The van der Waals surface area contributed by atoms with E-state index in [0.29, 0.717) is 40.6 Å². The summed E-state index contributed by atoms with van der Waals surface area (Å²) in [5.41, 5.74) is 2.79. The van der Waals surface area contributed by atoms with Crippen molar-refractivity contribution >= 4 is 0 Å². The molecule has 32 heavy (non-hydrogen) atoms. The van der Waals surface area contributed by atoms with E-state index in [1.807, 2.05) is 0 Å². The Morgan fingerprint density at radius 1 is 0.875 bits per heavy atom. The fourth-order valence-electron chi connectivity index (χ4n) is 11.3. The van der Waals surface area contributed by atoms with Gasteiger partial charge in [-0.1, -0.05) is 53.2 Å². The zero-order valence-electron chi connectivity index (χ0n) is 22.0. The summed E-state index contributed by atoms with van der Waals surface area (Å²) >= 11 is 0. The van der Waals surface area contributed by atoms with Gasteiger partial charge in [-0.3, -0.25) is 0 Å². The molecule has 10 atom stereocenters. The molecule has 5 rings (SSSR count). The first kappa shape index (κ1) is 23.4. The number of rotatable bonds is 1. The second-order valence-electron chi connectivity index (χ2n) is 14.5. The third-order valence-corrected chi connectivity index (χ3v) is 13.6. The van der Waals surface area contributed by atoms with Gasteiger partial charge >= 0.3 is 0 Å². The molecule has 182 valence electrons. The predicted molar refractivity (Wildman–Crippen MR) is 132 cm³/mol. The van der Waals surface area contributed by atoms with E-state index in [1.54, 1.807) is 5.57 Å². The van der Waals surface area contributed by atoms with Crippen LogP contribution in [0.2, 0.25) is 0 Å². The minimum absolute atomic E-state index is 0.0322. The van der Waals surface area contributed by atoms with E-state index in [0.717, 1.165) is 24.7 Å². The van der Waals surface area contributed by atoms with Gasteiger partial charge in [-0.05, 0) is 116 Å². The second-order valence-corrected chi connectivity index (χ2v) is 14.5. The number of aliphatic hydroxyl groups is 2. The van der Waals surface area contributed by atoms with E-state index < -0.39 is 0 Å². The fraction of sp³-hybridized carbons (Fsp3) is 0.933. The highest BCUT2D eigenvalue weighted by atomic mass is 16.3. The van der Waals surface area contributed by atoms with Crippen LogP contribution in [0, 0.1) is 56.7 Å². The standard InChI is InChI=1S/C30H50O2/c1-19-10-15-30(18-31)17-16-28(6)21(25(30)20(19)2)8-9-23-27(5)13-12-24(32)26(3,4)22(27)11-14-29(23,28)7/h10,20-25,31-32H,8-9,11-18H2,1-7H3. The Bertz CT molecular complexity index is 799. The van der Waals surface area contributed by atoms with Crippen LogP contribution in [0.15, 0.2) is 11.6 Å². The number of hydrogen-bond donors (Lipinski definition) is 2. The van der Waals surface area contributed by atoms with Gasteiger partial charge in [0.05, 0.1) is 6.10 Å². The molecule has 0 aliphatic heterocycles. The molecule has 5 aliphatic rings. The van der Waals surface area contributed by atoms with Gasteiger partial charge in [-0.25, -0.2) is 0 Å². The molecule has 2 nitrogen and oxygen atoms in total. The SMILES string of the molecule is CC1=CCC2(CO)CCC3(C)C(CCC4C5(C)CCC(O)C(C)(C)C5CCC43C)C2C1C. The van der Waals surface area contributed by atoms with Crippen LogP contribution in [0.25, 0.3) is 0 Å². The van der Waals surface area contributed by atoms with E-state index >= 15 is 0 Å². The molecular formula is C30H50O2. The summed E-state index contributed by atoms with van der Waals surface area (Å²) in [5.74, 6) is 3.35. The Hall–Kier alpha value is -0.340. The topological polar surface area (TPSA) is 40.5 Å². The maximum Gasteiger partial charge on any atom is 0.0594 e.